The van der Waals surface area contributed by atoms with Crippen LogP contribution in [0.25, 0.3) is 11.0 Å². The van der Waals surface area contributed by atoms with Crippen LogP contribution in [-0.4, -0.2) is 11.0 Å². The molecule has 2 heterocycles. The first-order chi connectivity index (χ1) is 9.63. The van der Waals surface area contributed by atoms with Crippen LogP contribution < -0.4 is 10.9 Å². The molecule has 2 aromatic heterocycles. The fourth-order valence-corrected chi connectivity index (χ4v) is 2.40. The van der Waals surface area contributed by atoms with Gasteiger partial charge in [0, 0.05) is 11.5 Å². The molecular formula is C14H9NO4S. The number of phenols is 1. The highest BCUT2D eigenvalue weighted by atomic mass is 32.1. The van der Waals surface area contributed by atoms with Crippen molar-refractivity contribution < 1.29 is 14.3 Å². The lowest BCUT2D eigenvalue weighted by Gasteiger charge is -2.04. The molecule has 0 fully saturated rings. The second-order valence-corrected chi connectivity index (χ2v) is 5.05. The Morgan fingerprint density at radius 2 is 2.10 bits per heavy atom. The van der Waals surface area contributed by atoms with Crippen LogP contribution in [0.3, 0.4) is 0 Å². The van der Waals surface area contributed by atoms with Crippen LogP contribution in [0.4, 0.5) is 5.69 Å². The minimum absolute atomic E-state index is 0.0102. The van der Waals surface area contributed by atoms with Gasteiger partial charge in [0.1, 0.15) is 17.0 Å². The number of thiophene rings is 1. The Hall–Kier alpha value is -2.60. The summed E-state index contributed by atoms with van der Waals surface area (Å²) in [5.41, 5.74) is -0.321. The van der Waals surface area contributed by atoms with E-state index >= 15 is 0 Å². The molecule has 6 heteroatoms. The van der Waals surface area contributed by atoms with Crippen molar-refractivity contribution in [3.63, 3.8) is 0 Å². The van der Waals surface area contributed by atoms with E-state index in [0.29, 0.717) is 10.3 Å². The number of carbonyl (C=O) groups is 1. The summed E-state index contributed by atoms with van der Waals surface area (Å²) in [6, 6.07) is 9.38. The van der Waals surface area contributed by atoms with Gasteiger partial charge in [0.15, 0.2) is 0 Å². The topological polar surface area (TPSA) is 79.5 Å². The molecule has 1 aromatic carbocycles. The van der Waals surface area contributed by atoms with Gasteiger partial charge in [0.25, 0.3) is 5.91 Å². The van der Waals surface area contributed by atoms with Gasteiger partial charge in [0.05, 0.1) is 4.88 Å². The Kier molecular flexibility index (Phi) is 3.00. The van der Waals surface area contributed by atoms with Gasteiger partial charge in [-0.3, -0.25) is 4.79 Å². The molecule has 0 aliphatic carbocycles. The molecule has 0 unspecified atom stereocenters. The smallest absolute Gasteiger partial charge is 0.360 e. The van der Waals surface area contributed by atoms with E-state index in [-0.39, 0.29) is 22.9 Å². The van der Waals surface area contributed by atoms with Crippen LogP contribution in [0.15, 0.2) is 51.0 Å². The van der Waals surface area contributed by atoms with Crippen LogP contribution >= 0.6 is 11.3 Å². The minimum atomic E-state index is -0.659. The number of amides is 1. The van der Waals surface area contributed by atoms with E-state index in [9.17, 15) is 14.7 Å². The summed E-state index contributed by atoms with van der Waals surface area (Å²) in [7, 11) is 0. The van der Waals surface area contributed by atoms with Gasteiger partial charge < -0.3 is 14.8 Å². The first-order valence-corrected chi connectivity index (χ1v) is 6.63. The average Bonchev–Trinajstić information content (AvgIpc) is 2.94. The minimum Gasteiger partial charge on any atom is -0.508 e. The lowest BCUT2D eigenvalue weighted by atomic mass is 10.2. The largest absolute Gasteiger partial charge is 0.508 e. The number of rotatable bonds is 2. The second-order valence-electron chi connectivity index (χ2n) is 4.10. The maximum absolute atomic E-state index is 11.9. The van der Waals surface area contributed by atoms with Crippen LogP contribution in [0.1, 0.15) is 9.67 Å². The van der Waals surface area contributed by atoms with E-state index < -0.39 is 5.63 Å². The Labute approximate surface area is 117 Å². The van der Waals surface area contributed by atoms with E-state index in [0.717, 1.165) is 0 Å². The Balaban J connectivity index is 2.00. The van der Waals surface area contributed by atoms with Crippen molar-refractivity contribution in [3.05, 3.63) is 57.1 Å². The zero-order valence-corrected chi connectivity index (χ0v) is 10.9. The molecule has 0 saturated carbocycles. The van der Waals surface area contributed by atoms with Crippen LogP contribution in [0.2, 0.25) is 0 Å². The Morgan fingerprint density at radius 1 is 1.25 bits per heavy atom. The van der Waals surface area contributed by atoms with Gasteiger partial charge >= 0.3 is 5.63 Å². The van der Waals surface area contributed by atoms with Crippen molar-refractivity contribution in [2.45, 2.75) is 0 Å². The van der Waals surface area contributed by atoms with E-state index in [2.05, 4.69) is 5.32 Å². The Morgan fingerprint density at radius 3 is 2.85 bits per heavy atom. The third kappa shape index (κ3) is 2.28. The monoisotopic (exact) mass is 287 g/mol. The number of anilines is 1. The molecule has 0 spiro atoms. The van der Waals surface area contributed by atoms with E-state index in [1.54, 1.807) is 23.6 Å². The average molecular weight is 287 g/mol. The summed E-state index contributed by atoms with van der Waals surface area (Å²) in [5, 5.41) is 14.2. The normalized spacial score (nSPS) is 10.6. The lowest BCUT2D eigenvalue weighted by molar-refractivity contribution is 0.103. The van der Waals surface area contributed by atoms with Crippen molar-refractivity contribution in [2.24, 2.45) is 0 Å². The van der Waals surface area contributed by atoms with Crippen LogP contribution in [-0.2, 0) is 0 Å². The van der Waals surface area contributed by atoms with Crippen molar-refractivity contribution in [1.29, 1.82) is 0 Å². The quantitative estimate of drug-likeness (QED) is 0.710. The van der Waals surface area contributed by atoms with Gasteiger partial charge in [-0.2, -0.15) is 0 Å². The number of phenolic OH excluding ortho intramolecular Hbond substituents is 1. The molecule has 0 aliphatic heterocycles. The summed E-state index contributed by atoms with van der Waals surface area (Å²) in [4.78, 5) is 24.2. The van der Waals surface area contributed by atoms with Gasteiger partial charge in [-0.05, 0) is 29.6 Å². The summed E-state index contributed by atoms with van der Waals surface area (Å²) in [6.45, 7) is 0. The molecule has 3 aromatic rings. The van der Waals surface area contributed by atoms with Crippen molar-refractivity contribution in [3.8, 4) is 5.75 Å². The number of hydrogen-bond donors (Lipinski definition) is 2. The molecular weight excluding hydrogens is 278 g/mol. The molecule has 0 saturated heterocycles. The second kappa shape index (κ2) is 4.82. The number of carbonyl (C=O) groups excluding carboxylic acids is 1. The van der Waals surface area contributed by atoms with E-state index in [1.807, 2.05) is 0 Å². The summed E-state index contributed by atoms with van der Waals surface area (Å²) < 4.78 is 5.06. The van der Waals surface area contributed by atoms with E-state index in [4.69, 9.17) is 4.42 Å². The molecule has 0 atom stereocenters. The predicted octanol–water partition coefficient (Wildman–Crippen LogP) is 2.81. The highest BCUT2D eigenvalue weighted by Crippen LogP contribution is 2.21. The van der Waals surface area contributed by atoms with Crippen molar-refractivity contribution in [1.82, 2.24) is 0 Å². The van der Waals surface area contributed by atoms with Gasteiger partial charge in [-0.25, -0.2) is 4.79 Å². The first-order valence-electron chi connectivity index (χ1n) is 5.75. The number of aromatic hydroxyl groups is 1. The van der Waals surface area contributed by atoms with Gasteiger partial charge in [-0.1, -0.05) is 6.07 Å². The van der Waals surface area contributed by atoms with Crippen molar-refractivity contribution in [2.75, 3.05) is 5.32 Å². The number of hydrogen-bond acceptors (Lipinski definition) is 5. The molecule has 1 amide bonds. The zero-order chi connectivity index (χ0) is 14.1. The zero-order valence-electron chi connectivity index (χ0n) is 10.1. The molecule has 0 bridgehead atoms. The molecule has 2 N–H and O–H groups in total. The van der Waals surface area contributed by atoms with Gasteiger partial charge in [0.2, 0.25) is 0 Å². The predicted molar refractivity (Wildman–Crippen MR) is 76.4 cm³/mol. The first kappa shape index (κ1) is 12.4. The fraction of sp³-hybridized carbons (Fsp3) is 0. The molecule has 20 heavy (non-hydrogen) atoms. The van der Waals surface area contributed by atoms with Gasteiger partial charge in [-0.15, -0.1) is 11.3 Å². The number of benzene rings is 1. The fourth-order valence-electron chi connectivity index (χ4n) is 1.78. The highest BCUT2D eigenvalue weighted by molar-refractivity contribution is 7.12. The SMILES string of the molecule is O=C(Nc1cc2ccc(O)cc2oc1=O)c1cccs1. The molecule has 0 aliphatic rings. The molecule has 5 nitrogen and oxygen atoms in total. The third-order valence-corrected chi connectivity index (χ3v) is 3.58. The number of fused-ring (bicyclic) bond motifs is 1. The summed E-state index contributed by atoms with van der Waals surface area (Å²) >= 11 is 1.28. The van der Waals surface area contributed by atoms with Crippen LogP contribution in [0, 0.1) is 0 Å². The maximum Gasteiger partial charge on any atom is 0.360 e. The molecule has 100 valence electrons. The summed E-state index contributed by atoms with van der Waals surface area (Å²) in [6.07, 6.45) is 0. The van der Waals surface area contributed by atoms with E-state index in [1.165, 1.54) is 29.5 Å². The standard InChI is InChI=1S/C14H9NO4S/c16-9-4-3-8-6-10(14(18)19-11(8)7-9)15-13(17)12-2-1-5-20-12/h1-7,16H,(H,15,17). The Bertz CT molecular complexity index is 836. The maximum atomic E-state index is 11.9. The summed E-state index contributed by atoms with van der Waals surface area (Å²) in [5.74, 6) is -0.346. The van der Waals surface area contributed by atoms with Crippen molar-refractivity contribution >= 4 is 33.9 Å². The molecule has 3 rings (SSSR count). The molecule has 0 radical (unpaired) electrons. The highest BCUT2D eigenvalue weighted by Gasteiger charge is 2.11. The lowest BCUT2D eigenvalue weighted by Crippen LogP contribution is -2.16. The number of nitrogens with one attached hydrogen (secondary N) is 1. The third-order valence-electron chi connectivity index (χ3n) is 2.71. The van der Waals surface area contributed by atoms with Crippen LogP contribution in [0.5, 0.6) is 5.75 Å².